The molecule has 0 spiro atoms. The molecule has 0 bridgehead atoms. The highest BCUT2D eigenvalue weighted by Crippen LogP contribution is 2.24. The molecule has 0 aromatic carbocycles. The summed E-state index contributed by atoms with van der Waals surface area (Å²) in [5.74, 6) is 0.545. The van der Waals surface area contributed by atoms with Gasteiger partial charge in [0.2, 0.25) is 5.91 Å². The van der Waals surface area contributed by atoms with Crippen LogP contribution in [0, 0.1) is 5.92 Å². The predicted octanol–water partition coefficient (Wildman–Crippen LogP) is 1.92. The van der Waals surface area contributed by atoms with Crippen LogP contribution < -0.4 is 5.32 Å². The minimum Gasteiger partial charge on any atom is -0.389 e. The Balaban J connectivity index is 1.70. The number of aliphatic hydroxyl groups is 1. The lowest BCUT2D eigenvalue weighted by Crippen LogP contribution is -2.49. The third-order valence-electron chi connectivity index (χ3n) is 4.52. The van der Waals surface area contributed by atoms with Gasteiger partial charge in [-0.2, -0.15) is 0 Å². The number of β-amino-alcohol motifs (C(OH)–C–C–N with tert-alkyl or cyclic N) is 1. The Bertz CT molecular complexity index is 311. The largest absolute Gasteiger partial charge is 0.389 e. The van der Waals surface area contributed by atoms with Crippen LogP contribution in [0.4, 0.5) is 0 Å². The molecule has 1 aliphatic carbocycles. The summed E-state index contributed by atoms with van der Waals surface area (Å²) in [6, 6.07) is 0.336. The Labute approximate surface area is 122 Å². The maximum atomic E-state index is 12.2. The van der Waals surface area contributed by atoms with Gasteiger partial charge in [-0.25, -0.2) is 0 Å². The van der Waals surface area contributed by atoms with E-state index in [2.05, 4.69) is 10.2 Å². The fourth-order valence-corrected chi connectivity index (χ4v) is 3.47. The minimum absolute atomic E-state index is 0.262. The van der Waals surface area contributed by atoms with Crippen molar-refractivity contribution in [3.05, 3.63) is 0 Å². The van der Waals surface area contributed by atoms with Crippen LogP contribution in [0.1, 0.15) is 58.8 Å². The summed E-state index contributed by atoms with van der Waals surface area (Å²) < 4.78 is 0. The van der Waals surface area contributed by atoms with E-state index in [9.17, 15) is 9.90 Å². The second-order valence-electron chi connectivity index (χ2n) is 7.21. The molecule has 1 amide bonds. The van der Waals surface area contributed by atoms with Crippen LogP contribution in [0.3, 0.4) is 0 Å². The maximum Gasteiger partial charge on any atom is 0.223 e. The number of likely N-dealkylation sites (tertiary alicyclic amines) is 1. The van der Waals surface area contributed by atoms with Crippen LogP contribution in [-0.2, 0) is 4.79 Å². The Hall–Kier alpha value is -0.610. The van der Waals surface area contributed by atoms with Gasteiger partial charge in [-0.1, -0.05) is 19.3 Å². The first kappa shape index (κ1) is 15.8. The average Bonchev–Trinajstić information content (AvgIpc) is 2.40. The Kier molecular flexibility index (Phi) is 5.44. The molecule has 0 unspecified atom stereocenters. The van der Waals surface area contributed by atoms with E-state index in [-0.39, 0.29) is 11.8 Å². The molecule has 1 saturated heterocycles. The quantitative estimate of drug-likeness (QED) is 0.828. The number of hydrogen-bond acceptors (Lipinski definition) is 3. The van der Waals surface area contributed by atoms with E-state index in [0.717, 1.165) is 45.3 Å². The summed E-state index contributed by atoms with van der Waals surface area (Å²) in [5, 5.41) is 13.1. The number of rotatable bonds is 4. The lowest BCUT2D eigenvalue weighted by Gasteiger charge is -2.36. The van der Waals surface area contributed by atoms with E-state index in [0.29, 0.717) is 6.04 Å². The van der Waals surface area contributed by atoms with Crippen molar-refractivity contribution >= 4 is 5.91 Å². The van der Waals surface area contributed by atoms with E-state index in [1.54, 1.807) is 0 Å². The zero-order valence-corrected chi connectivity index (χ0v) is 13.0. The number of nitrogens with one attached hydrogen (secondary N) is 1. The minimum atomic E-state index is -0.627. The Morgan fingerprint density at radius 3 is 2.30 bits per heavy atom. The van der Waals surface area contributed by atoms with Crippen molar-refractivity contribution in [2.75, 3.05) is 19.6 Å². The van der Waals surface area contributed by atoms with E-state index in [1.807, 2.05) is 13.8 Å². The summed E-state index contributed by atoms with van der Waals surface area (Å²) in [7, 11) is 0. The molecule has 4 heteroatoms. The topological polar surface area (TPSA) is 52.6 Å². The van der Waals surface area contributed by atoms with E-state index in [4.69, 9.17) is 0 Å². The molecule has 1 saturated carbocycles. The maximum absolute atomic E-state index is 12.2. The standard InChI is InChI=1S/C16H30N2O2/c1-16(2,20)12-18-10-8-14(9-11-18)17-15(19)13-6-4-3-5-7-13/h13-14,20H,3-12H2,1-2H3,(H,17,19). The number of carbonyl (C=O) groups excluding carboxylic acids is 1. The van der Waals surface area contributed by atoms with Crippen LogP contribution in [0.15, 0.2) is 0 Å². The monoisotopic (exact) mass is 282 g/mol. The normalized spacial score (nSPS) is 23.8. The second-order valence-corrected chi connectivity index (χ2v) is 7.21. The smallest absolute Gasteiger partial charge is 0.223 e. The molecule has 0 radical (unpaired) electrons. The molecule has 2 N–H and O–H groups in total. The van der Waals surface area contributed by atoms with Crippen molar-refractivity contribution in [1.29, 1.82) is 0 Å². The van der Waals surface area contributed by atoms with Gasteiger partial charge in [-0.3, -0.25) is 4.79 Å². The van der Waals surface area contributed by atoms with E-state index < -0.39 is 5.60 Å². The Morgan fingerprint density at radius 2 is 1.75 bits per heavy atom. The highest BCUT2D eigenvalue weighted by molar-refractivity contribution is 5.79. The number of nitrogens with zero attached hydrogens (tertiary/aromatic N) is 1. The molecule has 2 aliphatic rings. The fourth-order valence-electron chi connectivity index (χ4n) is 3.47. The molecule has 0 atom stereocenters. The summed E-state index contributed by atoms with van der Waals surface area (Å²) in [4.78, 5) is 14.5. The van der Waals surface area contributed by atoms with Gasteiger partial charge < -0.3 is 15.3 Å². The zero-order chi connectivity index (χ0) is 14.6. The first-order chi connectivity index (χ1) is 9.44. The molecular weight excluding hydrogens is 252 g/mol. The molecule has 4 nitrogen and oxygen atoms in total. The molecule has 1 heterocycles. The number of carbonyl (C=O) groups is 1. The summed E-state index contributed by atoms with van der Waals surface area (Å²) >= 11 is 0. The molecule has 2 fully saturated rings. The van der Waals surface area contributed by atoms with Gasteiger partial charge in [0.1, 0.15) is 0 Å². The van der Waals surface area contributed by atoms with Crippen molar-refractivity contribution in [2.45, 2.75) is 70.4 Å². The van der Waals surface area contributed by atoms with Crippen LogP contribution in [0.25, 0.3) is 0 Å². The predicted molar refractivity (Wildman–Crippen MR) is 80.5 cm³/mol. The molecule has 2 rings (SSSR count). The van der Waals surface area contributed by atoms with Crippen LogP contribution in [0.2, 0.25) is 0 Å². The first-order valence-electron chi connectivity index (χ1n) is 8.19. The van der Waals surface area contributed by atoms with Gasteiger partial charge >= 0.3 is 0 Å². The average molecular weight is 282 g/mol. The molecule has 0 aromatic heterocycles. The third kappa shape index (κ3) is 5.06. The summed E-state index contributed by atoms with van der Waals surface area (Å²) in [5.41, 5.74) is -0.627. The van der Waals surface area contributed by atoms with Crippen LogP contribution in [-0.4, -0.2) is 47.2 Å². The van der Waals surface area contributed by atoms with Crippen LogP contribution >= 0.6 is 0 Å². The highest BCUT2D eigenvalue weighted by atomic mass is 16.3. The van der Waals surface area contributed by atoms with Gasteiger partial charge in [-0.15, -0.1) is 0 Å². The summed E-state index contributed by atoms with van der Waals surface area (Å²) in [6.45, 7) is 6.36. The Morgan fingerprint density at radius 1 is 1.15 bits per heavy atom. The van der Waals surface area contributed by atoms with Gasteiger partial charge in [0, 0.05) is 31.6 Å². The summed E-state index contributed by atoms with van der Waals surface area (Å²) in [6.07, 6.45) is 7.87. The van der Waals surface area contributed by atoms with Crippen molar-refractivity contribution in [2.24, 2.45) is 5.92 Å². The zero-order valence-electron chi connectivity index (χ0n) is 13.0. The third-order valence-corrected chi connectivity index (χ3v) is 4.52. The molecule has 20 heavy (non-hydrogen) atoms. The van der Waals surface area contributed by atoms with Gasteiger partial charge in [0.05, 0.1) is 5.60 Å². The highest BCUT2D eigenvalue weighted by Gasteiger charge is 2.27. The van der Waals surface area contributed by atoms with E-state index in [1.165, 1.54) is 19.3 Å². The SMILES string of the molecule is CC(C)(O)CN1CCC(NC(=O)C2CCCCC2)CC1. The number of piperidine rings is 1. The molecular formula is C16H30N2O2. The van der Waals surface area contributed by atoms with Crippen molar-refractivity contribution in [3.63, 3.8) is 0 Å². The number of amides is 1. The molecule has 0 aromatic rings. The fraction of sp³-hybridized carbons (Fsp3) is 0.938. The first-order valence-corrected chi connectivity index (χ1v) is 8.19. The van der Waals surface area contributed by atoms with Crippen molar-refractivity contribution in [1.82, 2.24) is 10.2 Å². The number of hydrogen-bond donors (Lipinski definition) is 2. The molecule has 1 aliphatic heterocycles. The van der Waals surface area contributed by atoms with Crippen molar-refractivity contribution < 1.29 is 9.90 Å². The second kappa shape index (κ2) is 6.90. The van der Waals surface area contributed by atoms with Gasteiger partial charge in [0.25, 0.3) is 0 Å². The van der Waals surface area contributed by atoms with Gasteiger partial charge in [0.15, 0.2) is 0 Å². The van der Waals surface area contributed by atoms with Crippen LogP contribution in [0.5, 0.6) is 0 Å². The lowest BCUT2D eigenvalue weighted by atomic mass is 9.88. The van der Waals surface area contributed by atoms with E-state index >= 15 is 0 Å². The lowest BCUT2D eigenvalue weighted by molar-refractivity contribution is -0.127. The molecule has 116 valence electrons. The van der Waals surface area contributed by atoms with Gasteiger partial charge in [-0.05, 0) is 39.5 Å². The van der Waals surface area contributed by atoms with Crippen molar-refractivity contribution in [3.8, 4) is 0 Å².